The highest BCUT2D eigenvalue weighted by Crippen LogP contribution is 2.34. The summed E-state index contributed by atoms with van der Waals surface area (Å²) in [6.45, 7) is 3.05. The van der Waals surface area contributed by atoms with Gasteiger partial charge in [0, 0.05) is 17.0 Å². The minimum atomic E-state index is 0.745. The first-order valence-corrected chi connectivity index (χ1v) is 9.79. The molecule has 140 valence electrons. The Kier molecular flexibility index (Phi) is 5.04. The van der Waals surface area contributed by atoms with Crippen LogP contribution in [-0.4, -0.2) is 38.3 Å². The van der Waals surface area contributed by atoms with Gasteiger partial charge >= 0.3 is 0 Å². The molecule has 1 saturated carbocycles. The van der Waals surface area contributed by atoms with Gasteiger partial charge in [0.1, 0.15) is 24.7 Å². The Morgan fingerprint density at radius 1 is 0.926 bits per heavy atom. The molecule has 3 nitrogen and oxygen atoms in total. The Balaban J connectivity index is 1.39. The molecule has 1 heterocycles. The number of quaternary nitrogens is 1. The topological polar surface area (TPSA) is 22.4 Å². The number of hydrogen-bond acceptors (Lipinski definition) is 2. The summed E-state index contributed by atoms with van der Waals surface area (Å²) in [6, 6.07) is 20.6. The Labute approximate surface area is 161 Å². The van der Waals surface area contributed by atoms with E-state index in [0.29, 0.717) is 0 Å². The van der Waals surface area contributed by atoms with Crippen molar-refractivity contribution in [2.45, 2.75) is 12.8 Å². The maximum atomic E-state index is 5.98. The predicted octanol–water partition coefficient (Wildman–Crippen LogP) is 5.48. The van der Waals surface area contributed by atoms with Gasteiger partial charge in [-0.3, -0.25) is 0 Å². The van der Waals surface area contributed by atoms with Crippen molar-refractivity contribution in [2.75, 3.05) is 33.8 Å². The third kappa shape index (κ3) is 4.61. The van der Waals surface area contributed by atoms with Crippen LogP contribution in [0.1, 0.15) is 12.8 Å². The van der Waals surface area contributed by atoms with Crippen LogP contribution in [0.4, 0.5) is 0 Å². The number of ether oxygens (including phenoxy) is 1. The van der Waals surface area contributed by atoms with E-state index in [1.165, 1.54) is 19.4 Å². The Morgan fingerprint density at radius 2 is 1.67 bits per heavy atom. The number of rotatable bonds is 8. The van der Waals surface area contributed by atoms with Crippen LogP contribution in [0.5, 0.6) is 5.75 Å². The third-order valence-electron chi connectivity index (χ3n) is 5.28. The molecule has 1 aromatic heterocycles. The van der Waals surface area contributed by atoms with Crippen molar-refractivity contribution in [3.05, 3.63) is 66.9 Å². The normalized spacial score (nSPS) is 14.3. The smallest absolute Gasteiger partial charge is 0.141 e. The first kappa shape index (κ1) is 17.9. The quantitative estimate of drug-likeness (QED) is 0.495. The molecule has 0 amide bonds. The minimum Gasteiger partial charge on any atom is -0.488 e. The highest BCUT2D eigenvalue weighted by molar-refractivity contribution is 5.79. The Hall–Kier alpha value is -2.52. The molecule has 3 heteroatoms. The lowest BCUT2D eigenvalue weighted by Gasteiger charge is -2.29. The largest absolute Gasteiger partial charge is 0.488 e. The van der Waals surface area contributed by atoms with Gasteiger partial charge in [-0.2, -0.15) is 0 Å². The molecular weight excluding hydrogens is 334 g/mol. The maximum Gasteiger partial charge on any atom is 0.141 e. The van der Waals surface area contributed by atoms with Gasteiger partial charge in [-0.05, 0) is 48.7 Å². The zero-order valence-corrected chi connectivity index (χ0v) is 16.2. The van der Waals surface area contributed by atoms with E-state index in [1.54, 1.807) is 6.26 Å². The van der Waals surface area contributed by atoms with Crippen molar-refractivity contribution in [1.29, 1.82) is 0 Å². The van der Waals surface area contributed by atoms with Crippen LogP contribution in [0.15, 0.2) is 71.3 Å². The predicted molar refractivity (Wildman–Crippen MR) is 110 cm³/mol. The molecule has 27 heavy (non-hydrogen) atoms. The Morgan fingerprint density at radius 3 is 2.37 bits per heavy atom. The molecule has 0 atom stereocenters. The van der Waals surface area contributed by atoms with E-state index in [1.807, 2.05) is 36.4 Å². The fraction of sp³-hybridized carbons (Fsp3) is 0.333. The average molecular weight is 362 g/mol. The molecule has 4 rings (SSSR count). The monoisotopic (exact) mass is 362 g/mol. The molecule has 0 bridgehead atoms. The molecule has 1 aliphatic carbocycles. The van der Waals surface area contributed by atoms with E-state index >= 15 is 0 Å². The van der Waals surface area contributed by atoms with E-state index in [-0.39, 0.29) is 0 Å². The Bertz CT molecular complexity index is 861. The van der Waals surface area contributed by atoms with E-state index in [9.17, 15) is 0 Å². The van der Waals surface area contributed by atoms with Gasteiger partial charge in [0.2, 0.25) is 0 Å². The molecule has 0 spiro atoms. The van der Waals surface area contributed by atoms with Gasteiger partial charge in [0.25, 0.3) is 0 Å². The van der Waals surface area contributed by atoms with Crippen molar-refractivity contribution in [2.24, 2.45) is 5.92 Å². The van der Waals surface area contributed by atoms with Gasteiger partial charge in [0.05, 0.1) is 26.9 Å². The lowest BCUT2D eigenvalue weighted by molar-refractivity contribution is -0.892. The summed E-state index contributed by atoms with van der Waals surface area (Å²) in [5.74, 6) is 2.75. The molecule has 0 N–H and O–H groups in total. The summed E-state index contributed by atoms with van der Waals surface area (Å²) in [5.41, 5.74) is 3.34. The molecule has 0 aliphatic heterocycles. The highest BCUT2D eigenvalue weighted by Gasteiger charge is 2.29. The SMILES string of the molecule is C[N+](C)(CCOc1ccc(-c2occc2-c2ccccc2)cc1)CC1CC1. The molecule has 1 aliphatic rings. The summed E-state index contributed by atoms with van der Waals surface area (Å²) < 4.78 is 12.8. The van der Waals surface area contributed by atoms with Crippen molar-refractivity contribution in [1.82, 2.24) is 0 Å². The summed E-state index contributed by atoms with van der Waals surface area (Å²) in [4.78, 5) is 0. The number of hydrogen-bond donors (Lipinski definition) is 0. The fourth-order valence-corrected chi connectivity index (χ4v) is 3.58. The van der Waals surface area contributed by atoms with E-state index in [0.717, 1.165) is 51.8 Å². The van der Waals surface area contributed by atoms with E-state index in [2.05, 4.69) is 38.4 Å². The van der Waals surface area contributed by atoms with Gasteiger partial charge in [0.15, 0.2) is 0 Å². The number of likely N-dealkylation sites (N-methyl/N-ethyl adjacent to an activating group) is 1. The first-order valence-electron chi connectivity index (χ1n) is 9.79. The standard InChI is InChI=1S/C24H28NO2/c1-25(2,18-19-8-9-19)15-17-26-22-12-10-21(11-13-22)24-23(14-16-27-24)20-6-4-3-5-7-20/h3-7,10-14,16,19H,8-9,15,17-18H2,1-2H3/q+1. The molecule has 3 aromatic rings. The van der Waals surface area contributed by atoms with Crippen molar-refractivity contribution < 1.29 is 13.6 Å². The van der Waals surface area contributed by atoms with Crippen LogP contribution >= 0.6 is 0 Å². The number of nitrogens with zero attached hydrogens (tertiary/aromatic N) is 1. The van der Waals surface area contributed by atoms with Crippen LogP contribution in [0, 0.1) is 5.92 Å². The molecular formula is C24H28NO2+. The minimum absolute atomic E-state index is 0.745. The molecule has 2 aromatic carbocycles. The van der Waals surface area contributed by atoms with Gasteiger partial charge in [-0.15, -0.1) is 0 Å². The average Bonchev–Trinajstić information content (AvgIpc) is 3.33. The van der Waals surface area contributed by atoms with Crippen LogP contribution in [0.3, 0.4) is 0 Å². The maximum absolute atomic E-state index is 5.98. The second-order valence-corrected chi connectivity index (χ2v) is 8.19. The lowest BCUT2D eigenvalue weighted by atomic mass is 10.0. The molecule has 0 radical (unpaired) electrons. The van der Waals surface area contributed by atoms with E-state index < -0.39 is 0 Å². The van der Waals surface area contributed by atoms with Crippen molar-refractivity contribution in [3.63, 3.8) is 0 Å². The van der Waals surface area contributed by atoms with Crippen LogP contribution < -0.4 is 4.74 Å². The highest BCUT2D eigenvalue weighted by atomic mass is 16.5. The molecule has 0 saturated heterocycles. The number of furan rings is 1. The van der Waals surface area contributed by atoms with Crippen LogP contribution in [0.2, 0.25) is 0 Å². The fourth-order valence-electron chi connectivity index (χ4n) is 3.58. The van der Waals surface area contributed by atoms with E-state index in [4.69, 9.17) is 9.15 Å². The second kappa shape index (κ2) is 7.61. The molecule has 0 unspecified atom stereocenters. The first-order chi connectivity index (χ1) is 13.1. The van der Waals surface area contributed by atoms with Crippen molar-refractivity contribution >= 4 is 0 Å². The summed E-state index contributed by atoms with van der Waals surface area (Å²) >= 11 is 0. The third-order valence-corrected chi connectivity index (χ3v) is 5.28. The van der Waals surface area contributed by atoms with Crippen molar-refractivity contribution in [3.8, 4) is 28.2 Å². The van der Waals surface area contributed by atoms with Crippen LogP contribution in [-0.2, 0) is 0 Å². The van der Waals surface area contributed by atoms with Gasteiger partial charge in [-0.1, -0.05) is 30.3 Å². The van der Waals surface area contributed by atoms with Crippen LogP contribution in [0.25, 0.3) is 22.5 Å². The molecule has 1 fully saturated rings. The zero-order valence-electron chi connectivity index (χ0n) is 16.2. The van der Waals surface area contributed by atoms with Gasteiger partial charge < -0.3 is 13.6 Å². The summed E-state index contributed by atoms with van der Waals surface area (Å²) in [6.07, 6.45) is 4.56. The second-order valence-electron chi connectivity index (χ2n) is 8.19. The summed E-state index contributed by atoms with van der Waals surface area (Å²) in [7, 11) is 4.60. The number of benzene rings is 2. The van der Waals surface area contributed by atoms with Gasteiger partial charge in [-0.25, -0.2) is 0 Å². The lowest BCUT2D eigenvalue weighted by Crippen LogP contribution is -2.44. The zero-order chi connectivity index (χ0) is 18.7. The summed E-state index contributed by atoms with van der Waals surface area (Å²) in [5, 5.41) is 0.